The number of rotatable bonds is 9. The molecule has 0 radical (unpaired) electrons. The SMILES string of the molecule is COc1cc2ncnc(Nc3cc(C)c(Oc4ccn5ncnc5c4)cc3OC)c2cc1NC(=O)/C=C/[C@H]1CCCN1C(=O)OC(C)(C)C. The van der Waals surface area contributed by atoms with E-state index in [0.29, 0.717) is 63.3 Å². The number of ether oxygens (including phenoxy) is 4. The first kappa shape index (κ1) is 33.0. The molecule has 49 heavy (non-hydrogen) atoms. The van der Waals surface area contributed by atoms with Gasteiger partial charge in [-0.15, -0.1) is 0 Å². The molecule has 0 spiro atoms. The molecule has 254 valence electrons. The van der Waals surface area contributed by atoms with Crippen molar-refractivity contribution in [1.82, 2.24) is 29.5 Å². The van der Waals surface area contributed by atoms with Crippen molar-refractivity contribution in [3.63, 3.8) is 0 Å². The van der Waals surface area contributed by atoms with Gasteiger partial charge in [-0.3, -0.25) is 4.79 Å². The summed E-state index contributed by atoms with van der Waals surface area (Å²) in [5, 5.41) is 11.0. The largest absolute Gasteiger partial charge is 0.494 e. The fourth-order valence-electron chi connectivity index (χ4n) is 5.52. The second-order valence-electron chi connectivity index (χ2n) is 12.5. The molecule has 2 aromatic carbocycles. The average molecular weight is 667 g/mol. The molecule has 1 atom stereocenters. The van der Waals surface area contributed by atoms with Crippen LogP contribution in [0.4, 0.5) is 22.0 Å². The van der Waals surface area contributed by atoms with Gasteiger partial charge in [0.15, 0.2) is 5.65 Å². The minimum absolute atomic E-state index is 0.240. The summed E-state index contributed by atoms with van der Waals surface area (Å²) in [7, 11) is 3.09. The lowest BCUT2D eigenvalue weighted by atomic mass is 10.1. The van der Waals surface area contributed by atoms with Crippen LogP contribution in [0.2, 0.25) is 0 Å². The van der Waals surface area contributed by atoms with Crippen molar-refractivity contribution in [1.29, 1.82) is 0 Å². The molecule has 6 rings (SSSR count). The van der Waals surface area contributed by atoms with Crippen LogP contribution in [-0.4, -0.2) is 73.9 Å². The van der Waals surface area contributed by atoms with Crippen LogP contribution in [0.15, 0.2) is 67.4 Å². The van der Waals surface area contributed by atoms with Crippen molar-refractivity contribution < 1.29 is 28.5 Å². The topological polar surface area (TPSA) is 154 Å². The zero-order valence-corrected chi connectivity index (χ0v) is 28.2. The van der Waals surface area contributed by atoms with Crippen LogP contribution >= 0.6 is 0 Å². The van der Waals surface area contributed by atoms with Crippen molar-refractivity contribution >= 4 is 45.7 Å². The minimum atomic E-state index is -0.605. The first-order valence-corrected chi connectivity index (χ1v) is 15.8. The molecule has 1 aliphatic heterocycles. The molecular weight excluding hydrogens is 628 g/mol. The first-order valence-electron chi connectivity index (χ1n) is 15.8. The van der Waals surface area contributed by atoms with E-state index in [1.165, 1.54) is 25.8 Å². The molecule has 0 aliphatic carbocycles. The number of aryl methyl sites for hydroxylation is 1. The van der Waals surface area contributed by atoms with Gasteiger partial charge in [-0.2, -0.15) is 5.10 Å². The van der Waals surface area contributed by atoms with Crippen LogP contribution in [0.1, 0.15) is 39.2 Å². The Morgan fingerprint density at radius 1 is 0.959 bits per heavy atom. The number of likely N-dealkylation sites (tertiary alicyclic amines) is 1. The Morgan fingerprint density at radius 2 is 1.76 bits per heavy atom. The Hall–Kier alpha value is -5.92. The van der Waals surface area contributed by atoms with Crippen LogP contribution < -0.4 is 24.8 Å². The van der Waals surface area contributed by atoms with E-state index in [9.17, 15) is 9.59 Å². The monoisotopic (exact) mass is 666 g/mol. The second-order valence-corrected chi connectivity index (χ2v) is 12.5. The standard InChI is InChI=1S/C35H38N8O6/c1-21-14-26(30(47-6)18-28(21)48-23-11-13-43-31(15-23)37-20-39-43)41-33-24-16-27(29(46-5)17-25(24)36-19-38-33)40-32(44)10-9-22-8-7-12-42(22)34(45)49-35(2,3)4/h9-11,13-20,22H,7-8,12H2,1-6H3,(H,40,44)(H,36,38,41)/b10-9+/t22-/m1/s1. The van der Waals surface area contributed by atoms with E-state index in [0.717, 1.165) is 18.4 Å². The lowest BCUT2D eigenvalue weighted by Crippen LogP contribution is -2.39. The van der Waals surface area contributed by atoms with Gasteiger partial charge in [0.2, 0.25) is 5.91 Å². The molecule has 1 aliphatic rings. The van der Waals surface area contributed by atoms with Crippen LogP contribution in [0.3, 0.4) is 0 Å². The highest BCUT2D eigenvalue weighted by atomic mass is 16.6. The minimum Gasteiger partial charge on any atom is -0.494 e. The van der Waals surface area contributed by atoms with Crippen LogP contribution in [0, 0.1) is 6.92 Å². The average Bonchev–Trinajstić information content (AvgIpc) is 3.74. The zero-order valence-electron chi connectivity index (χ0n) is 28.2. The second kappa shape index (κ2) is 13.7. The summed E-state index contributed by atoms with van der Waals surface area (Å²) in [6.45, 7) is 7.98. The van der Waals surface area contributed by atoms with E-state index < -0.39 is 11.7 Å². The van der Waals surface area contributed by atoms with Gasteiger partial charge in [-0.25, -0.2) is 24.3 Å². The Kier molecular flexibility index (Phi) is 9.20. The lowest BCUT2D eigenvalue weighted by Gasteiger charge is -2.27. The van der Waals surface area contributed by atoms with E-state index in [-0.39, 0.29) is 11.9 Å². The van der Waals surface area contributed by atoms with Gasteiger partial charge in [-0.05, 0) is 64.3 Å². The van der Waals surface area contributed by atoms with Gasteiger partial charge in [0.05, 0.1) is 37.2 Å². The van der Waals surface area contributed by atoms with Gasteiger partial charge in [0, 0.05) is 42.4 Å². The summed E-state index contributed by atoms with van der Waals surface area (Å²) >= 11 is 0. The van der Waals surface area contributed by atoms with Crippen molar-refractivity contribution in [3.05, 3.63) is 73.0 Å². The number of hydrogen-bond acceptors (Lipinski definition) is 11. The Balaban J connectivity index is 1.22. The highest BCUT2D eigenvalue weighted by Gasteiger charge is 2.30. The van der Waals surface area contributed by atoms with E-state index >= 15 is 0 Å². The van der Waals surface area contributed by atoms with Crippen molar-refractivity contribution in [2.75, 3.05) is 31.4 Å². The molecule has 1 fully saturated rings. The van der Waals surface area contributed by atoms with E-state index in [4.69, 9.17) is 18.9 Å². The number of nitrogens with zero attached hydrogens (tertiary/aromatic N) is 6. The number of amides is 2. The zero-order chi connectivity index (χ0) is 34.7. The molecule has 3 aromatic heterocycles. The predicted octanol–water partition coefficient (Wildman–Crippen LogP) is 6.43. The number of pyridine rings is 1. The van der Waals surface area contributed by atoms with Crippen LogP contribution in [0.5, 0.6) is 23.0 Å². The van der Waals surface area contributed by atoms with Gasteiger partial charge < -0.3 is 34.5 Å². The Morgan fingerprint density at radius 3 is 2.53 bits per heavy atom. The third-order valence-electron chi connectivity index (χ3n) is 7.84. The molecule has 2 amide bonds. The van der Waals surface area contributed by atoms with E-state index in [1.807, 2.05) is 33.8 Å². The highest BCUT2D eigenvalue weighted by molar-refractivity contribution is 6.03. The van der Waals surface area contributed by atoms with Crippen molar-refractivity contribution in [3.8, 4) is 23.0 Å². The first-order chi connectivity index (χ1) is 23.5. The molecule has 4 heterocycles. The van der Waals surface area contributed by atoms with E-state index in [2.05, 4.69) is 30.7 Å². The number of carbonyl (C=O) groups excluding carboxylic acids is 2. The summed E-state index contributed by atoms with van der Waals surface area (Å²) in [5.74, 6) is 2.27. The molecule has 0 saturated carbocycles. The lowest BCUT2D eigenvalue weighted by molar-refractivity contribution is -0.112. The third kappa shape index (κ3) is 7.48. The number of anilines is 3. The van der Waals surface area contributed by atoms with E-state index in [1.54, 1.807) is 59.1 Å². The molecule has 14 nitrogen and oxygen atoms in total. The van der Waals surface area contributed by atoms with Gasteiger partial charge in [-0.1, -0.05) is 6.08 Å². The van der Waals surface area contributed by atoms with Crippen LogP contribution in [-0.2, 0) is 9.53 Å². The number of nitrogens with one attached hydrogen (secondary N) is 2. The van der Waals surface area contributed by atoms with Crippen molar-refractivity contribution in [2.24, 2.45) is 0 Å². The fourth-order valence-corrected chi connectivity index (χ4v) is 5.52. The summed E-state index contributed by atoms with van der Waals surface area (Å²) < 4.78 is 24.7. The third-order valence-corrected chi connectivity index (χ3v) is 7.84. The molecule has 2 N–H and O–H groups in total. The smallest absolute Gasteiger partial charge is 0.410 e. The number of methoxy groups -OCH3 is 2. The maximum atomic E-state index is 13.1. The molecule has 14 heteroatoms. The number of aromatic nitrogens is 5. The molecule has 1 saturated heterocycles. The fraction of sp³-hybridized carbons (Fsp3) is 0.314. The number of benzene rings is 2. The summed E-state index contributed by atoms with van der Waals surface area (Å²) in [6.07, 6.45) is 9.03. The van der Waals surface area contributed by atoms with Gasteiger partial charge in [0.25, 0.3) is 0 Å². The summed E-state index contributed by atoms with van der Waals surface area (Å²) in [6, 6.07) is 10.5. The maximum absolute atomic E-state index is 13.1. The van der Waals surface area contributed by atoms with Gasteiger partial charge >= 0.3 is 6.09 Å². The number of carbonyl (C=O) groups is 2. The summed E-state index contributed by atoms with van der Waals surface area (Å²) in [5.41, 5.74) is 2.58. The predicted molar refractivity (Wildman–Crippen MR) is 184 cm³/mol. The molecular formula is C35H38N8O6. The molecule has 0 unspecified atom stereocenters. The number of fused-ring (bicyclic) bond motifs is 2. The van der Waals surface area contributed by atoms with Crippen LogP contribution in [0.25, 0.3) is 16.6 Å². The molecule has 0 bridgehead atoms. The Bertz CT molecular complexity index is 2050. The maximum Gasteiger partial charge on any atom is 0.410 e. The highest BCUT2D eigenvalue weighted by Crippen LogP contribution is 2.39. The Labute approximate surface area is 283 Å². The van der Waals surface area contributed by atoms with Crippen molar-refractivity contribution in [2.45, 2.75) is 52.2 Å². The van der Waals surface area contributed by atoms with Gasteiger partial charge in [0.1, 0.15) is 47.1 Å². The number of hydrogen-bond donors (Lipinski definition) is 2. The normalized spacial score (nSPS) is 14.7. The quantitative estimate of drug-likeness (QED) is 0.167. The summed E-state index contributed by atoms with van der Waals surface area (Å²) in [4.78, 5) is 40.6. The molecule has 5 aromatic rings.